The van der Waals surface area contributed by atoms with E-state index in [0.29, 0.717) is 21.7 Å². The van der Waals surface area contributed by atoms with E-state index in [-0.39, 0.29) is 5.82 Å². The molecule has 0 bridgehead atoms. The Morgan fingerprint density at radius 1 is 1.30 bits per heavy atom. The molecule has 1 aromatic heterocycles. The molecule has 0 aliphatic rings. The maximum Gasteiger partial charge on any atom is 0.267 e. The van der Waals surface area contributed by atoms with Crippen molar-refractivity contribution in [2.45, 2.75) is 13.0 Å². The number of hydrogen-bond donors (Lipinski definition) is 1. The molecule has 1 N–H and O–H groups in total. The van der Waals surface area contributed by atoms with E-state index in [1.54, 1.807) is 25.1 Å². The summed E-state index contributed by atoms with van der Waals surface area (Å²) in [5.41, 5.74) is 1.62. The van der Waals surface area contributed by atoms with Crippen molar-refractivity contribution in [1.29, 1.82) is 0 Å². The van der Waals surface area contributed by atoms with Gasteiger partial charge in [0, 0.05) is 10.7 Å². The maximum atomic E-state index is 12.8. The Bertz CT molecular complexity index is 850. The van der Waals surface area contributed by atoms with Crippen LogP contribution >= 0.6 is 11.6 Å². The van der Waals surface area contributed by atoms with Gasteiger partial charge in [0.25, 0.3) is 5.91 Å². The van der Waals surface area contributed by atoms with Gasteiger partial charge in [0.15, 0.2) is 0 Å². The molecule has 1 heterocycles. The van der Waals surface area contributed by atoms with Gasteiger partial charge in [0.2, 0.25) is 6.10 Å². The molecule has 0 fully saturated rings. The molecule has 0 radical (unpaired) electrons. The van der Waals surface area contributed by atoms with Crippen LogP contribution in [0, 0.1) is 5.82 Å². The zero-order valence-electron chi connectivity index (χ0n) is 12.0. The fourth-order valence-corrected chi connectivity index (χ4v) is 2.09. The Morgan fingerprint density at radius 2 is 2.04 bits per heavy atom. The number of fused-ring (bicyclic) bond motifs is 1. The lowest BCUT2D eigenvalue weighted by Gasteiger charge is -2.13. The van der Waals surface area contributed by atoms with E-state index < -0.39 is 12.0 Å². The second kappa shape index (κ2) is 6.21. The molecule has 1 amide bonds. The summed E-state index contributed by atoms with van der Waals surface area (Å²) in [4.78, 5) is 18.7. The third-order valence-electron chi connectivity index (χ3n) is 3.12. The first kappa shape index (κ1) is 15.2. The van der Waals surface area contributed by atoms with Gasteiger partial charge >= 0.3 is 0 Å². The van der Waals surface area contributed by atoms with E-state index in [4.69, 9.17) is 16.4 Å². The van der Waals surface area contributed by atoms with Gasteiger partial charge in [-0.3, -0.25) is 4.79 Å². The van der Waals surface area contributed by atoms with Crippen LogP contribution in [0.5, 0.6) is 0 Å². The fourth-order valence-electron chi connectivity index (χ4n) is 1.92. The van der Waals surface area contributed by atoms with E-state index in [9.17, 15) is 9.18 Å². The SMILES string of the molecule is CC(On1nnc2ccc(Cl)cc21)C(=O)Nc1ccc(F)cc1. The van der Waals surface area contributed by atoms with E-state index in [0.717, 1.165) is 4.85 Å². The summed E-state index contributed by atoms with van der Waals surface area (Å²) >= 11 is 5.93. The summed E-state index contributed by atoms with van der Waals surface area (Å²) in [6.07, 6.45) is -0.844. The van der Waals surface area contributed by atoms with Crippen molar-refractivity contribution >= 4 is 34.2 Å². The summed E-state index contributed by atoms with van der Waals surface area (Å²) in [6, 6.07) is 10.5. The third-order valence-corrected chi connectivity index (χ3v) is 3.35. The van der Waals surface area contributed by atoms with Crippen molar-refractivity contribution < 1.29 is 14.0 Å². The highest BCUT2D eigenvalue weighted by Crippen LogP contribution is 2.16. The number of benzene rings is 2. The van der Waals surface area contributed by atoms with Gasteiger partial charge < -0.3 is 10.2 Å². The Hall–Kier alpha value is -2.67. The summed E-state index contributed by atoms with van der Waals surface area (Å²) in [7, 11) is 0. The molecule has 118 valence electrons. The first-order valence-corrected chi connectivity index (χ1v) is 7.15. The highest BCUT2D eigenvalue weighted by atomic mass is 35.5. The van der Waals surface area contributed by atoms with Gasteiger partial charge in [-0.05, 0) is 54.6 Å². The van der Waals surface area contributed by atoms with Gasteiger partial charge in [-0.25, -0.2) is 4.39 Å². The molecule has 0 spiro atoms. The van der Waals surface area contributed by atoms with E-state index in [2.05, 4.69) is 15.6 Å². The van der Waals surface area contributed by atoms with Gasteiger partial charge in [-0.15, -0.1) is 5.10 Å². The zero-order chi connectivity index (χ0) is 16.4. The molecule has 1 unspecified atom stereocenters. The Kier molecular flexibility index (Phi) is 4.12. The number of rotatable bonds is 4. The van der Waals surface area contributed by atoms with Crippen LogP contribution in [-0.4, -0.2) is 27.2 Å². The number of carbonyl (C=O) groups is 1. The lowest BCUT2D eigenvalue weighted by Crippen LogP contribution is -2.35. The van der Waals surface area contributed by atoms with Crippen LogP contribution in [0.15, 0.2) is 42.5 Å². The summed E-state index contributed by atoms with van der Waals surface area (Å²) in [5.74, 6) is -0.777. The number of carbonyl (C=O) groups excluding carboxylic acids is 1. The van der Waals surface area contributed by atoms with E-state index >= 15 is 0 Å². The lowest BCUT2D eigenvalue weighted by atomic mass is 10.3. The van der Waals surface area contributed by atoms with Gasteiger partial charge in [0.1, 0.15) is 16.9 Å². The largest absolute Gasteiger partial charge is 0.382 e. The molecule has 0 aliphatic heterocycles. The second-order valence-corrected chi connectivity index (χ2v) is 5.28. The summed E-state index contributed by atoms with van der Waals surface area (Å²) in [6.45, 7) is 1.57. The zero-order valence-corrected chi connectivity index (χ0v) is 12.8. The van der Waals surface area contributed by atoms with Crippen LogP contribution in [0.2, 0.25) is 5.02 Å². The highest BCUT2D eigenvalue weighted by molar-refractivity contribution is 6.31. The van der Waals surface area contributed by atoms with E-state index in [1.165, 1.54) is 24.3 Å². The molecule has 0 saturated carbocycles. The van der Waals surface area contributed by atoms with Crippen LogP contribution in [0.1, 0.15) is 6.92 Å². The average Bonchev–Trinajstić information content (AvgIpc) is 2.91. The van der Waals surface area contributed by atoms with Crippen LogP contribution in [0.4, 0.5) is 10.1 Å². The molecule has 0 saturated heterocycles. The van der Waals surface area contributed by atoms with Gasteiger partial charge in [-0.2, -0.15) is 0 Å². The van der Waals surface area contributed by atoms with E-state index in [1.807, 2.05) is 0 Å². The lowest BCUT2D eigenvalue weighted by molar-refractivity contribution is -0.127. The Labute approximate surface area is 135 Å². The first-order chi connectivity index (χ1) is 11.0. The minimum atomic E-state index is -0.844. The predicted molar refractivity (Wildman–Crippen MR) is 83.6 cm³/mol. The van der Waals surface area contributed by atoms with Crippen LogP contribution < -0.4 is 10.2 Å². The Morgan fingerprint density at radius 3 is 2.78 bits per heavy atom. The number of amides is 1. The smallest absolute Gasteiger partial charge is 0.267 e. The molecule has 6 nitrogen and oxygen atoms in total. The number of halogens is 2. The van der Waals surface area contributed by atoms with Crippen LogP contribution in [0.3, 0.4) is 0 Å². The van der Waals surface area contributed by atoms with Crippen LogP contribution in [0.25, 0.3) is 11.0 Å². The average molecular weight is 335 g/mol. The molecule has 1 atom stereocenters. The molecule has 8 heteroatoms. The van der Waals surface area contributed by atoms with Crippen molar-refractivity contribution in [3.63, 3.8) is 0 Å². The fraction of sp³-hybridized carbons (Fsp3) is 0.133. The maximum absolute atomic E-state index is 12.8. The quantitative estimate of drug-likeness (QED) is 0.796. The van der Waals surface area contributed by atoms with Gasteiger partial charge in [-0.1, -0.05) is 16.4 Å². The topological polar surface area (TPSA) is 69.0 Å². The molecule has 23 heavy (non-hydrogen) atoms. The number of aromatic nitrogens is 3. The number of nitrogens with zero attached hydrogens (tertiary/aromatic N) is 3. The molecular formula is C15H12ClFN4O2. The number of anilines is 1. The number of hydrogen-bond acceptors (Lipinski definition) is 4. The highest BCUT2D eigenvalue weighted by Gasteiger charge is 2.17. The minimum Gasteiger partial charge on any atom is -0.382 e. The van der Waals surface area contributed by atoms with Crippen molar-refractivity contribution in [1.82, 2.24) is 15.2 Å². The van der Waals surface area contributed by atoms with Crippen molar-refractivity contribution in [2.24, 2.45) is 0 Å². The monoisotopic (exact) mass is 334 g/mol. The van der Waals surface area contributed by atoms with Gasteiger partial charge in [0.05, 0.1) is 0 Å². The normalized spacial score (nSPS) is 12.1. The van der Waals surface area contributed by atoms with Crippen molar-refractivity contribution in [3.05, 3.63) is 53.3 Å². The number of nitrogens with one attached hydrogen (secondary N) is 1. The molecule has 2 aromatic carbocycles. The summed E-state index contributed by atoms with van der Waals surface area (Å²) < 4.78 is 12.8. The predicted octanol–water partition coefficient (Wildman–Crippen LogP) is 2.68. The first-order valence-electron chi connectivity index (χ1n) is 6.77. The second-order valence-electron chi connectivity index (χ2n) is 4.84. The Balaban J connectivity index is 1.72. The molecule has 3 rings (SSSR count). The molecule has 3 aromatic rings. The van der Waals surface area contributed by atoms with Crippen molar-refractivity contribution in [2.75, 3.05) is 5.32 Å². The molecular weight excluding hydrogens is 323 g/mol. The molecule has 0 aliphatic carbocycles. The standard InChI is InChI=1S/C15H12ClFN4O2/c1-9(15(22)18-12-5-3-11(17)4-6-12)23-21-14-8-10(16)2-7-13(14)19-20-21/h2-9H,1H3,(H,18,22). The third kappa shape index (κ3) is 3.40. The summed E-state index contributed by atoms with van der Waals surface area (Å²) in [5, 5.41) is 10.9. The minimum absolute atomic E-state index is 0.377. The van der Waals surface area contributed by atoms with Crippen molar-refractivity contribution in [3.8, 4) is 0 Å². The van der Waals surface area contributed by atoms with Crippen LogP contribution in [-0.2, 0) is 4.79 Å².